The van der Waals surface area contributed by atoms with Crippen LogP contribution in [0.25, 0.3) is 0 Å². The van der Waals surface area contributed by atoms with Crippen molar-refractivity contribution in [2.75, 3.05) is 18.5 Å². The number of hydrogen-bond donors (Lipinski definition) is 1. The van der Waals surface area contributed by atoms with Gasteiger partial charge in [0.05, 0.1) is 0 Å². The van der Waals surface area contributed by atoms with E-state index in [1.54, 1.807) is 7.05 Å². The second-order valence-electron chi connectivity index (χ2n) is 6.95. The van der Waals surface area contributed by atoms with Crippen molar-refractivity contribution < 1.29 is 4.79 Å². The zero-order valence-corrected chi connectivity index (χ0v) is 17.7. The molecule has 0 fully saturated rings. The van der Waals surface area contributed by atoms with E-state index in [-0.39, 0.29) is 11.9 Å². The van der Waals surface area contributed by atoms with Gasteiger partial charge < -0.3 is 10.2 Å². The molecule has 0 bridgehead atoms. The first kappa shape index (κ1) is 19.3. The summed E-state index contributed by atoms with van der Waals surface area (Å²) in [5.41, 5.74) is 5.30. The van der Waals surface area contributed by atoms with E-state index in [9.17, 15) is 4.79 Å². The number of nitrogens with one attached hydrogen (secondary N) is 1. The lowest BCUT2D eigenvalue weighted by Crippen LogP contribution is -2.34. The highest BCUT2D eigenvalue weighted by molar-refractivity contribution is 9.10. The van der Waals surface area contributed by atoms with Gasteiger partial charge in [0, 0.05) is 34.9 Å². The minimum atomic E-state index is -0.0773. The number of nitrogens with zero attached hydrogens (tertiary/aromatic N) is 1. The van der Waals surface area contributed by atoms with Crippen molar-refractivity contribution in [3.63, 3.8) is 0 Å². The SMILES string of the molecule is CNC(=O)c1ccc(N2CCc3ccccc3C2C#Cc2cccc(Br)c2)cc1. The molecule has 4 heteroatoms. The molecule has 144 valence electrons. The molecule has 1 amide bonds. The van der Waals surface area contributed by atoms with Gasteiger partial charge in [-0.15, -0.1) is 0 Å². The molecule has 0 aliphatic carbocycles. The van der Waals surface area contributed by atoms with Crippen molar-refractivity contribution in [3.8, 4) is 11.8 Å². The maximum Gasteiger partial charge on any atom is 0.251 e. The molecule has 1 unspecified atom stereocenters. The molecule has 3 aromatic rings. The van der Waals surface area contributed by atoms with Gasteiger partial charge in [-0.2, -0.15) is 0 Å². The van der Waals surface area contributed by atoms with Gasteiger partial charge in [-0.05, 0) is 60.0 Å². The number of fused-ring (bicyclic) bond motifs is 1. The van der Waals surface area contributed by atoms with Crippen LogP contribution in [0.4, 0.5) is 5.69 Å². The molecular formula is C25H21BrN2O. The summed E-state index contributed by atoms with van der Waals surface area (Å²) in [7, 11) is 1.64. The highest BCUT2D eigenvalue weighted by Gasteiger charge is 2.26. The molecular weight excluding hydrogens is 424 g/mol. The second kappa shape index (κ2) is 8.55. The quantitative estimate of drug-likeness (QED) is 0.566. The van der Waals surface area contributed by atoms with Gasteiger partial charge >= 0.3 is 0 Å². The van der Waals surface area contributed by atoms with E-state index in [2.05, 4.69) is 62.3 Å². The Morgan fingerprint density at radius 3 is 2.62 bits per heavy atom. The number of amides is 1. The largest absolute Gasteiger partial charge is 0.355 e. The Labute approximate surface area is 179 Å². The molecule has 3 nitrogen and oxygen atoms in total. The number of rotatable bonds is 2. The van der Waals surface area contributed by atoms with E-state index in [1.165, 1.54) is 11.1 Å². The summed E-state index contributed by atoms with van der Waals surface area (Å²) in [6, 6.07) is 24.3. The molecule has 1 aliphatic rings. The molecule has 1 N–H and O–H groups in total. The lowest BCUT2D eigenvalue weighted by atomic mass is 9.92. The van der Waals surface area contributed by atoms with Crippen LogP contribution >= 0.6 is 15.9 Å². The smallest absolute Gasteiger partial charge is 0.251 e. The van der Waals surface area contributed by atoms with Gasteiger partial charge in [-0.1, -0.05) is 58.1 Å². The summed E-state index contributed by atoms with van der Waals surface area (Å²) in [6.45, 7) is 0.883. The highest BCUT2D eigenvalue weighted by Crippen LogP contribution is 2.33. The number of benzene rings is 3. The average Bonchev–Trinajstić information content (AvgIpc) is 2.77. The second-order valence-corrected chi connectivity index (χ2v) is 7.87. The van der Waals surface area contributed by atoms with Crippen LogP contribution in [0.5, 0.6) is 0 Å². The fourth-order valence-electron chi connectivity index (χ4n) is 3.67. The molecule has 0 spiro atoms. The Balaban J connectivity index is 1.72. The molecule has 1 atom stereocenters. The maximum absolute atomic E-state index is 11.9. The molecule has 29 heavy (non-hydrogen) atoms. The van der Waals surface area contributed by atoms with Crippen molar-refractivity contribution in [2.24, 2.45) is 0 Å². The lowest BCUT2D eigenvalue weighted by Gasteiger charge is -2.36. The fraction of sp³-hybridized carbons (Fsp3) is 0.160. The summed E-state index contributed by atoms with van der Waals surface area (Å²) in [5, 5.41) is 2.67. The fourth-order valence-corrected chi connectivity index (χ4v) is 4.07. The van der Waals surface area contributed by atoms with Crippen molar-refractivity contribution >= 4 is 27.5 Å². The first-order valence-electron chi connectivity index (χ1n) is 9.59. The molecule has 1 heterocycles. The maximum atomic E-state index is 11.9. The van der Waals surface area contributed by atoms with Gasteiger partial charge in [0.2, 0.25) is 0 Å². The first-order valence-corrected chi connectivity index (χ1v) is 10.4. The van der Waals surface area contributed by atoms with E-state index in [4.69, 9.17) is 0 Å². The van der Waals surface area contributed by atoms with Gasteiger partial charge in [0.15, 0.2) is 0 Å². The number of carbonyl (C=O) groups is 1. The summed E-state index contributed by atoms with van der Waals surface area (Å²) < 4.78 is 1.02. The Bertz CT molecular complexity index is 1100. The number of carbonyl (C=O) groups excluding carboxylic acids is 1. The van der Waals surface area contributed by atoms with Crippen LogP contribution in [0, 0.1) is 11.8 Å². The zero-order chi connectivity index (χ0) is 20.2. The predicted octanol–water partition coefficient (Wildman–Crippen LogP) is 4.96. The van der Waals surface area contributed by atoms with Gasteiger partial charge in [0.25, 0.3) is 5.91 Å². The average molecular weight is 445 g/mol. The van der Waals surface area contributed by atoms with E-state index in [0.29, 0.717) is 5.56 Å². The van der Waals surface area contributed by atoms with Gasteiger partial charge in [-0.3, -0.25) is 4.79 Å². The van der Waals surface area contributed by atoms with E-state index in [1.807, 2.05) is 48.5 Å². The van der Waals surface area contributed by atoms with Crippen molar-refractivity contribution in [3.05, 3.63) is 99.5 Å². The normalized spacial score (nSPS) is 15.1. The van der Waals surface area contributed by atoms with E-state index < -0.39 is 0 Å². The van der Waals surface area contributed by atoms with Crippen molar-refractivity contribution in [1.29, 1.82) is 0 Å². The van der Waals surface area contributed by atoms with Crippen LogP contribution in [-0.4, -0.2) is 19.5 Å². The Kier molecular flexibility index (Phi) is 5.69. The number of halogens is 1. The predicted molar refractivity (Wildman–Crippen MR) is 121 cm³/mol. The summed E-state index contributed by atoms with van der Waals surface area (Å²) in [4.78, 5) is 14.2. The third-order valence-electron chi connectivity index (χ3n) is 5.15. The molecule has 0 saturated heterocycles. The van der Waals surface area contributed by atoms with Gasteiger partial charge in [0.1, 0.15) is 6.04 Å². The van der Waals surface area contributed by atoms with Crippen LogP contribution in [0.3, 0.4) is 0 Å². The van der Waals surface area contributed by atoms with E-state index in [0.717, 1.165) is 28.7 Å². The van der Waals surface area contributed by atoms with Crippen LogP contribution in [-0.2, 0) is 6.42 Å². The highest BCUT2D eigenvalue weighted by atomic mass is 79.9. The Morgan fingerprint density at radius 1 is 1.07 bits per heavy atom. The monoisotopic (exact) mass is 444 g/mol. The summed E-state index contributed by atoms with van der Waals surface area (Å²) in [6.07, 6.45) is 0.975. The number of anilines is 1. The summed E-state index contributed by atoms with van der Waals surface area (Å²) in [5.74, 6) is 6.77. The van der Waals surface area contributed by atoms with Crippen LogP contribution in [0.2, 0.25) is 0 Å². The van der Waals surface area contributed by atoms with Crippen molar-refractivity contribution in [2.45, 2.75) is 12.5 Å². The van der Waals surface area contributed by atoms with Crippen LogP contribution in [0.15, 0.2) is 77.3 Å². The molecule has 0 radical (unpaired) electrons. The minimum Gasteiger partial charge on any atom is -0.355 e. The third kappa shape index (κ3) is 4.21. The molecule has 1 aliphatic heterocycles. The third-order valence-corrected chi connectivity index (χ3v) is 5.64. The van der Waals surface area contributed by atoms with Crippen LogP contribution < -0.4 is 10.2 Å². The molecule has 4 rings (SSSR count). The van der Waals surface area contributed by atoms with Gasteiger partial charge in [-0.25, -0.2) is 0 Å². The molecule has 0 saturated carbocycles. The zero-order valence-electron chi connectivity index (χ0n) is 16.2. The Morgan fingerprint density at radius 2 is 1.86 bits per heavy atom. The minimum absolute atomic E-state index is 0.0372. The standard InChI is InChI=1S/C25H21BrN2O/c1-27-25(29)20-10-12-22(13-11-20)28-16-15-19-6-2-3-8-23(19)24(28)14-9-18-5-4-7-21(26)17-18/h2-8,10-13,17,24H,15-16H2,1H3,(H,27,29). The molecule has 0 aromatic heterocycles. The van der Waals surface area contributed by atoms with Crippen molar-refractivity contribution in [1.82, 2.24) is 5.32 Å². The number of hydrogen-bond acceptors (Lipinski definition) is 2. The lowest BCUT2D eigenvalue weighted by molar-refractivity contribution is 0.0963. The first-order chi connectivity index (χ1) is 14.2. The Hall–Kier alpha value is -3.03. The van der Waals surface area contributed by atoms with Crippen LogP contribution in [0.1, 0.15) is 33.1 Å². The topological polar surface area (TPSA) is 32.3 Å². The summed E-state index contributed by atoms with van der Waals surface area (Å²) >= 11 is 3.52. The van der Waals surface area contributed by atoms with E-state index >= 15 is 0 Å². The molecule has 3 aromatic carbocycles.